The molecule has 1 N–H and O–H groups in total. The molecule has 0 spiro atoms. The summed E-state index contributed by atoms with van der Waals surface area (Å²) in [7, 11) is -1.89. The van der Waals surface area contributed by atoms with Crippen LogP contribution in [0.4, 0.5) is 0 Å². The average Bonchev–Trinajstić information content (AvgIpc) is 2.29. The van der Waals surface area contributed by atoms with Gasteiger partial charge in [0.15, 0.2) is 0 Å². The number of carbonyl (C=O) groups is 1. The molecule has 17 heavy (non-hydrogen) atoms. The van der Waals surface area contributed by atoms with Gasteiger partial charge in [-0.15, -0.1) is 0 Å². The predicted molar refractivity (Wildman–Crippen MR) is 63.8 cm³/mol. The van der Waals surface area contributed by atoms with E-state index in [1.165, 1.54) is 11.4 Å². The second kappa shape index (κ2) is 6.44. The molecule has 0 radical (unpaired) electrons. The molecule has 1 heterocycles. The Bertz CT molecular complexity index is 347. The fourth-order valence-corrected chi connectivity index (χ4v) is 3.08. The summed E-state index contributed by atoms with van der Waals surface area (Å²) in [4.78, 5) is 11.2. The zero-order chi connectivity index (χ0) is 12.9. The number of piperidine rings is 1. The first-order valence-corrected chi connectivity index (χ1v) is 7.15. The molecular formula is C10H20N2O4S. The highest BCUT2D eigenvalue weighted by molar-refractivity contribution is 7.87. The van der Waals surface area contributed by atoms with Gasteiger partial charge in [0.1, 0.15) is 5.78 Å². The molecule has 1 saturated heterocycles. The molecule has 0 atom stereocenters. The Kier molecular flexibility index (Phi) is 5.51. The van der Waals surface area contributed by atoms with Crippen LogP contribution in [0.2, 0.25) is 0 Å². The van der Waals surface area contributed by atoms with E-state index >= 15 is 0 Å². The Hall–Kier alpha value is -0.500. The Morgan fingerprint density at radius 2 is 2.00 bits per heavy atom. The van der Waals surface area contributed by atoms with E-state index in [1.807, 2.05) is 0 Å². The number of nitrogens with zero attached hydrogens (tertiary/aromatic N) is 1. The van der Waals surface area contributed by atoms with Crippen molar-refractivity contribution in [1.29, 1.82) is 0 Å². The maximum atomic E-state index is 11.8. The highest BCUT2D eigenvalue weighted by Crippen LogP contribution is 2.19. The molecule has 0 aromatic carbocycles. The summed E-state index contributed by atoms with van der Waals surface area (Å²) in [5, 5.41) is 0. The first-order chi connectivity index (χ1) is 7.97. The topological polar surface area (TPSA) is 75.7 Å². The lowest BCUT2D eigenvalue weighted by Gasteiger charge is -2.29. The highest BCUT2D eigenvalue weighted by Gasteiger charge is 2.29. The summed E-state index contributed by atoms with van der Waals surface area (Å²) >= 11 is 0. The number of nitrogens with one attached hydrogen (secondary N) is 1. The summed E-state index contributed by atoms with van der Waals surface area (Å²) in [5.74, 6) is 0.162. The summed E-state index contributed by atoms with van der Waals surface area (Å²) < 4.78 is 32.3. The lowest BCUT2D eigenvalue weighted by Crippen LogP contribution is -2.46. The van der Waals surface area contributed by atoms with Crippen LogP contribution in [0.1, 0.15) is 19.8 Å². The van der Waals surface area contributed by atoms with E-state index in [-0.39, 0.29) is 18.2 Å². The number of Topliss-reactive ketones (excluding diaryl/α,β-unsaturated/α-hetero) is 1. The van der Waals surface area contributed by atoms with Gasteiger partial charge in [-0.05, 0) is 19.8 Å². The summed E-state index contributed by atoms with van der Waals surface area (Å²) in [6.45, 7) is 3.00. The summed E-state index contributed by atoms with van der Waals surface area (Å²) in [6, 6.07) is 0. The smallest absolute Gasteiger partial charge is 0.279 e. The first kappa shape index (κ1) is 14.6. The Balaban J connectivity index is 2.44. The summed E-state index contributed by atoms with van der Waals surface area (Å²) in [5.41, 5.74) is 0. The summed E-state index contributed by atoms with van der Waals surface area (Å²) in [6.07, 6.45) is 1.22. The van der Waals surface area contributed by atoms with Crippen LogP contribution in [0.15, 0.2) is 0 Å². The van der Waals surface area contributed by atoms with Crippen molar-refractivity contribution in [1.82, 2.24) is 9.03 Å². The van der Waals surface area contributed by atoms with Crippen molar-refractivity contribution in [3.05, 3.63) is 0 Å². The molecule has 7 heteroatoms. The average molecular weight is 264 g/mol. The Morgan fingerprint density at radius 1 is 1.41 bits per heavy atom. The molecule has 1 fully saturated rings. The number of hydrogen-bond donors (Lipinski definition) is 1. The van der Waals surface area contributed by atoms with Crippen molar-refractivity contribution in [2.24, 2.45) is 5.92 Å². The third-order valence-electron chi connectivity index (χ3n) is 2.96. The molecule has 0 amide bonds. The number of carbonyl (C=O) groups excluding carboxylic acids is 1. The number of methoxy groups -OCH3 is 1. The van der Waals surface area contributed by atoms with E-state index in [2.05, 4.69) is 4.72 Å². The zero-order valence-corrected chi connectivity index (χ0v) is 11.1. The third-order valence-corrected chi connectivity index (χ3v) is 4.57. The molecule has 0 aliphatic carbocycles. The lowest BCUT2D eigenvalue weighted by atomic mass is 9.95. The Morgan fingerprint density at radius 3 is 2.47 bits per heavy atom. The van der Waals surface area contributed by atoms with E-state index < -0.39 is 10.2 Å². The van der Waals surface area contributed by atoms with Crippen LogP contribution in [0.3, 0.4) is 0 Å². The largest absolute Gasteiger partial charge is 0.383 e. The molecule has 0 saturated carbocycles. The van der Waals surface area contributed by atoms with Gasteiger partial charge >= 0.3 is 0 Å². The normalized spacial score (nSPS) is 19.4. The van der Waals surface area contributed by atoms with E-state index in [0.717, 1.165) is 0 Å². The molecule has 1 aliphatic heterocycles. The minimum Gasteiger partial charge on any atom is -0.383 e. The molecule has 0 unspecified atom stereocenters. The zero-order valence-electron chi connectivity index (χ0n) is 10.3. The number of hydrogen-bond acceptors (Lipinski definition) is 4. The van der Waals surface area contributed by atoms with Gasteiger partial charge in [0.2, 0.25) is 0 Å². The van der Waals surface area contributed by atoms with Crippen LogP contribution >= 0.6 is 0 Å². The van der Waals surface area contributed by atoms with E-state index in [9.17, 15) is 13.2 Å². The number of ether oxygens (including phenoxy) is 1. The lowest BCUT2D eigenvalue weighted by molar-refractivity contribution is -0.121. The molecule has 1 aliphatic rings. The first-order valence-electron chi connectivity index (χ1n) is 5.71. The SMILES string of the molecule is COCCNS(=O)(=O)N1CCC(C(C)=O)CC1. The molecule has 6 nitrogen and oxygen atoms in total. The molecular weight excluding hydrogens is 244 g/mol. The van der Waals surface area contributed by atoms with Crippen molar-refractivity contribution in [2.45, 2.75) is 19.8 Å². The van der Waals surface area contributed by atoms with E-state index in [1.54, 1.807) is 6.92 Å². The molecule has 0 aromatic rings. The standard InChI is InChI=1S/C10H20N2O4S/c1-9(13)10-3-6-12(7-4-10)17(14,15)11-5-8-16-2/h10-11H,3-8H2,1-2H3. The van der Waals surface area contributed by atoms with E-state index in [4.69, 9.17) is 4.74 Å². The number of ketones is 1. The predicted octanol–water partition coefficient (Wildman–Crippen LogP) is -0.232. The Labute approximate surface area is 102 Å². The fraction of sp³-hybridized carbons (Fsp3) is 0.900. The fourth-order valence-electron chi connectivity index (χ4n) is 1.87. The quantitative estimate of drug-likeness (QED) is 0.672. The van der Waals surface area contributed by atoms with Crippen molar-refractivity contribution in [3.63, 3.8) is 0 Å². The minimum atomic E-state index is -3.41. The van der Waals surface area contributed by atoms with Crippen molar-refractivity contribution < 1.29 is 17.9 Å². The second-order valence-corrected chi connectivity index (χ2v) is 5.93. The van der Waals surface area contributed by atoms with Gasteiger partial charge in [0.05, 0.1) is 6.61 Å². The van der Waals surface area contributed by atoms with Gasteiger partial charge in [-0.3, -0.25) is 4.79 Å². The van der Waals surface area contributed by atoms with Crippen molar-refractivity contribution in [2.75, 3.05) is 33.4 Å². The van der Waals surface area contributed by atoms with Crippen LogP contribution in [-0.4, -0.2) is 51.9 Å². The van der Waals surface area contributed by atoms with Crippen LogP contribution < -0.4 is 4.72 Å². The molecule has 0 aromatic heterocycles. The van der Waals surface area contributed by atoms with Gasteiger partial charge in [0.25, 0.3) is 10.2 Å². The van der Waals surface area contributed by atoms with Gasteiger partial charge < -0.3 is 4.74 Å². The van der Waals surface area contributed by atoms with Gasteiger partial charge in [0, 0.05) is 32.7 Å². The van der Waals surface area contributed by atoms with Crippen molar-refractivity contribution in [3.8, 4) is 0 Å². The number of rotatable bonds is 6. The maximum Gasteiger partial charge on any atom is 0.279 e. The molecule has 1 rings (SSSR count). The highest BCUT2D eigenvalue weighted by atomic mass is 32.2. The monoisotopic (exact) mass is 264 g/mol. The van der Waals surface area contributed by atoms with Crippen LogP contribution in [-0.2, 0) is 19.7 Å². The second-order valence-electron chi connectivity index (χ2n) is 4.18. The van der Waals surface area contributed by atoms with Crippen molar-refractivity contribution >= 4 is 16.0 Å². The van der Waals surface area contributed by atoms with Crippen LogP contribution in [0.25, 0.3) is 0 Å². The van der Waals surface area contributed by atoms with Crippen LogP contribution in [0.5, 0.6) is 0 Å². The van der Waals surface area contributed by atoms with Gasteiger partial charge in [-0.2, -0.15) is 17.4 Å². The van der Waals surface area contributed by atoms with Gasteiger partial charge in [-0.25, -0.2) is 0 Å². The van der Waals surface area contributed by atoms with E-state index in [0.29, 0.717) is 32.5 Å². The third kappa shape index (κ3) is 4.34. The minimum absolute atomic E-state index is 0.0143. The maximum absolute atomic E-state index is 11.8. The molecule has 0 bridgehead atoms. The van der Waals surface area contributed by atoms with Crippen LogP contribution in [0, 0.1) is 5.92 Å². The molecule has 100 valence electrons. The van der Waals surface area contributed by atoms with Gasteiger partial charge in [-0.1, -0.05) is 0 Å².